The summed E-state index contributed by atoms with van der Waals surface area (Å²) < 4.78 is 34.6. The van der Waals surface area contributed by atoms with E-state index in [-0.39, 0.29) is 30.3 Å². The van der Waals surface area contributed by atoms with Crippen LogP contribution in [0.3, 0.4) is 0 Å². The number of esters is 1. The van der Waals surface area contributed by atoms with Gasteiger partial charge < -0.3 is 18.8 Å². The molecule has 6 rings (SSSR count). The predicted molar refractivity (Wildman–Crippen MR) is 147 cm³/mol. The van der Waals surface area contributed by atoms with E-state index in [1.807, 2.05) is 29.1 Å². The van der Waals surface area contributed by atoms with E-state index in [9.17, 15) is 9.18 Å². The number of nitrogens with zero attached hydrogens (tertiary/aromatic N) is 6. The summed E-state index contributed by atoms with van der Waals surface area (Å²) in [6.45, 7) is 3.99. The maximum atomic E-state index is 14.2. The van der Waals surface area contributed by atoms with E-state index < -0.39 is 5.82 Å². The van der Waals surface area contributed by atoms with E-state index in [4.69, 9.17) is 24.5 Å². The first kappa shape index (κ1) is 26.9. The summed E-state index contributed by atoms with van der Waals surface area (Å²) in [5.74, 6) is 0.570. The number of halogens is 1. The quantitative estimate of drug-likeness (QED) is 0.281. The van der Waals surface area contributed by atoms with Crippen LogP contribution in [0.15, 0.2) is 48.7 Å². The number of hydrogen-bond donors (Lipinski definition) is 0. The van der Waals surface area contributed by atoms with Gasteiger partial charge in [-0.05, 0) is 49.6 Å². The lowest BCUT2D eigenvalue weighted by atomic mass is 10.1. The molecule has 0 spiro atoms. The van der Waals surface area contributed by atoms with Crippen molar-refractivity contribution in [3.05, 3.63) is 77.0 Å². The molecule has 0 unspecified atom stereocenters. The highest BCUT2D eigenvalue weighted by atomic mass is 19.1. The lowest BCUT2D eigenvalue weighted by Crippen LogP contribution is -2.36. The van der Waals surface area contributed by atoms with Gasteiger partial charge in [0.15, 0.2) is 0 Å². The maximum Gasteiger partial charge on any atom is 0.337 e. The highest BCUT2D eigenvalue weighted by molar-refractivity contribution is 5.93. The van der Waals surface area contributed by atoms with Crippen LogP contribution < -0.4 is 4.74 Å². The zero-order valence-corrected chi connectivity index (χ0v) is 22.8. The fourth-order valence-electron chi connectivity index (χ4n) is 5.40. The summed E-state index contributed by atoms with van der Waals surface area (Å²) in [7, 11) is 1.39. The molecule has 0 N–H and O–H groups in total. The van der Waals surface area contributed by atoms with E-state index in [2.05, 4.69) is 14.6 Å². The average Bonchev–Trinajstić information content (AvgIpc) is 3.58. The van der Waals surface area contributed by atoms with Gasteiger partial charge in [-0.25, -0.2) is 14.2 Å². The van der Waals surface area contributed by atoms with Gasteiger partial charge in [0.05, 0.1) is 60.6 Å². The number of piperidine rings is 1. The number of carbonyl (C=O) groups is 1. The summed E-state index contributed by atoms with van der Waals surface area (Å²) in [4.78, 5) is 19.5. The van der Waals surface area contributed by atoms with Crippen molar-refractivity contribution in [2.75, 3.05) is 26.8 Å². The van der Waals surface area contributed by atoms with Crippen LogP contribution in [0.25, 0.3) is 11.0 Å². The Morgan fingerprint density at radius 3 is 2.71 bits per heavy atom. The molecular weight excluding hydrogens is 527 g/mol. The number of hydrogen-bond acceptors (Lipinski definition) is 8. The van der Waals surface area contributed by atoms with Crippen molar-refractivity contribution in [1.82, 2.24) is 24.2 Å². The fourth-order valence-corrected chi connectivity index (χ4v) is 5.40. The zero-order chi connectivity index (χ0) is 28.3. The lowest BCUT2D eigenvalue weighted by Gasteiger charge is -2.32. The van der Waals surface area contributed by atoms with Crippen LogP contribution in [-0.2, 0) is 29.2 Å². The van der Waals surface area contributed by atoms with E-state index in [1.165, 1.54) is 13.2 Å². The second-order valence-corrected chi connectivity index (χ2v) is 10.5. The smallest absolute Gasteiger partial charge is 0.337 e. The van der Waals surface area contributed by atoms with Crippen LogP contribution in [0.5, 0.6) is 5.88 Å². The number of aromatic nitrogens is 4. The minimum atomic E-state index is -0.464. The van der Waals surface area contributed by atoms with Crippen molar-refractivity contribution in [2.45, 2.75) is 51.1 Å². The number of nitriles is 1. The normalized spacial score (nSPS) is 17.7. The number of rotatable bonds is 9. The molecule has 0 amide bonds. The van der Waals surface area contributed by atoms with Crippen molar-refractivity contribution in [3.8, 4) is 11.9 Å². The van der Waals surface area contributed by atoms with Crippen LogP contribution >= 0.6 is 0 Å². The van der Waals surface area contributed by atoms with Crippen LogP contribution in [0.2, 0.25) is 0 Å². The highest BCUT2D eigenvalue weighted by Gasteiger charge is 2.26. The minimum absolute atomic E-state index is 0.0427. The van der Waals surface area contributed by atoms with E-state index >= 15 is 0 Å². The molecule has 0 radical (unpaired) electrons. The van der Waals surface area contributed by atoms with Crippen molar-refractivity contribution in [2.24, 2.45) is 0 Å². The van der Waals surface area contributed by atoms with Gasteiger partial charge in [-0.15, -0.1) is 5.10 Å². The number of ether oxygens (including phenoxy) is 3. The second kappa shape index (κ2) is 11.7. The third kappa shape index (κ3) is 5.80. The van der Waals surface area contributed by atoms with Gasteiger partial charge in [-0.3, -0.25) is 9.58 Å². The van der Waals surface area contributed by atoms with Gasteiger partial charge in [0.2, 0.25) is 5.88 Å². The number of imidazole rings is 1. The van der Waals surface area contributed by atoms with Crippen LogP contribution in [0.4, 0.5) is 4.39 Å². The Bertz CT molecular complexity index is 1600. The van der Waals surface area contributed by atoms with Crippen LogP contribution in [0.1, 0.15) is 52.6 Å². The van der Waals surface area contributed by atoms with Crippen molar-refractivity contribution in [3.63, 3.8) is 0 Å². The molecule has 0 saturated carbocycles. The molecule has 2 aromatic carbocycles. The molecule has 2 aromatic heterocycles. The number of benzene rings is 2. The van der Waals surface area contributed by atoms with Gasteiger partial charge in [0.25, 0.3) is 0 Å². The van der Waals surface area contributed by atoms with E-state index in [0.29, 0.717) is 30.1 Å². The van der Waals surface area contributed by atoms with Gasteiger partial charge in [0, 0.05) is 37.5 Å². The Morgan fingerprint density at radius 2 is 2.00 bits per heavy atom. The topological polar surface area (TPSA) is 107 Å². The third-order valence-electron chi connectivity index (χ3n) is 7.87. The molecule has 0 aliphatic carbocycles. The molecule has 2 fully saturated rings. The number of likely N-dealkylation sites (tertiary alicyclic amines) is 1. The lowest BCUT2D eigenvalue weighted by molar-refractivity contribution is -0.0592. The van der Waals surface area contributed by atoms with Crippen LogP contribution in [-0.4, -0.2) is 63.1 Å². The molecule has 2 aliphatic rings. The second-order valence-electron chi connectivity index (χ2n) is 10.5. The van der Waals surface area contributed by atoms with Crippen molar-refractivity contribution < 1.29 is 23.4 Å². The Kier molecular flexibility index (Phi) is 7.67. The summed E-state index contributed by atoms with van der Waals surface area (Å²) in [6, 6.07) is 13.8. The molecular formula is C30H31FN6O4. The summed E-state index contributed by atoms with van der Waals surface area (Å²) in [6.07, 6.45) is 4.91. The first-order valence-electron chi connectivity index (χ1n) is 13.8. The third-order valence-corrected chi connectivity index (χ3v) is 7.87. The Morgan fingerprint density at radius 1 is 1.17 bits per heavy atom. The number of methoxy groups -OCH3 is 1. The fraction of sp³-hybridized carbons (Fsp3) is 0.400. The summed E-state index contributed by atoms with van der Waals surface area (Å²) in [5, 5.41) is 13.5. The molecule has 4 heterocycles. The average molecular weight is 559 g/mol. The summed E-state index contributed by atoms with van der Waals surface area (Å²) >= 11 is 0. The SMILES string of the molecule is COC(=O)c1ccc2nc(CN3CCC(n4ccc(OCc5ccc(C#N)cc5F)n4)CC3)n(C[C@@H]3CCO3)c2c1. The van der Waals surface area contributed by atoms with Crippen molar-refractivity contribution in [1.29, 1.82) is 5.26 Å². The molecule has 212 valence electrons. The molecule has 1 atom stereocenters. The molecule has 2 saturated heterocycles. The van der Waals surface area contributed by atoms with E-state index in [1.54, 1.807) is 24.3 Å². The zero-order valence-electron chi connectivity index (χ0n) is 22.8. The van der Waals surface area contributed by atoms with Gasteiger partial charge in [-0.1, -0.05) is 6.07 Å². The van der Waals surface area contributed by atoms with Gasteiger partial charge in [-0.2, -0.15) is 5.26 Å². The predicted octanol–water partition coefficient (Wildman–Crippen LogP) is 4.24. The highest BCUT2D eigenvalue weighted by Crippen LogP contribution is 2.27. The Labute approximate surface area is 236 Å². The number of carbonyl (C=O) groups excluding carboxylic acids is 1. The van der Waals surface area contributed by atoms with Crippen molar-refractivity contribution >= 4 is 17.0 Å². The Balaban J connectivity index is 1.09. The molecule has 10 nitrogen and oxygen atoms in total. The standard InChI is InChI=1S/C30H31FN6O4/c1-39-30(38)21-4-5-26-27(15-21)36(17-24-9-13-40-24)28(33-26)18-35-10-6-23(7-11-35)37-12-8-29(34-37)41-19-22-3-2-20(16-32)14-25(22)31/h2-5,8,12,14-15,23-24H,6-7,9-11,13,17-19H2,1H3/t24-/m0/s1. The molecule has 41 heavy (non-hydrogen) atoms. The van der Waals surface area contributed by atoms with E-state index in [0.717, 1.165) is 55.8 Å². The van der Waals surface area contributed by atoms with Gasteiger partial charge >= 0.3 is 5.97 Å². The molecule has 11 heteroatoms. The number of fused-ring (bicyclic) bond motifs is 1. The molecule has 2 aliphatic heterocycles. The first-order chi connectivity index (χ1) is 20.0. The molecule has 0 bridgehead atoms. The maximum absolute atomic E-state index is 14.2. The minimum Gasteiger partial charge on any atom is -0.472 e. The largest absolute Gasteiger partial charge is 0.472 e. The summed E-state index contributed by atoms with van der Waals surface area (Å²) in [5.41, 5.74) is 2.93. The monoisotopic (exact) mass is 558 g/mol. The Hall–Kier alpha value is -4.27. The first-order valence-corrected chi connectivity index (χ1v) is 13.8. The molecule has 4 aromatic rings. The van der Waals surface area contributed by atoms with Crippen LogP contribution in [0, 0.1) is 17.1 Å². The van der Waals surface area contributed by atoms with Gasteiger partial charge in [0.1, 0.15) is 18.2 Å².